The molecule has 6 heteroatoms. The summed E-state index contributed by atoms with van der Waals surface area (Å²) in [5.74, 6) is -1.65. The van der Waals surface area contributed by atoms with Crippen molar-refractivity contribution in [3.05, 3.63) is 24.3 Å². The Morgan fingerprint density at radius 1 is 1.43 bits per heavy atom. The van der Waals surface area contributed by atoms with Crippen LogP contribution >= 0.6 is 0 Å². The van der Waals surface area contributed by atoms with E-state index in [0.717, 1.165) is 0 Å². The number of aliphatic carboxylic acids is 1. The zero-order chi connectivity index (χ0) is 9.68. The summed E-state index contributed by atoms with van der Waals surface area (Å²) in [5, 5.41) is 10.4. The van der Waals surface area contributed by atoms with Gasteiger partial charge in [-0.25, -0.2) is 4.98 Å². The first-order valence-electron chi connectivity index (χ1n) is 3.46. The van der Waals surface area contributed by atoms with E-state index in [9.17, 15) is 9.59 Å². The zero-order valence-electron chi connectivity index (χ0n) is 6.60. The minimum Gasteiger partial charge on any atom is -0.480 e. The Bertz CT molecular complexity index is 313. The Labute approximate surface area is 81.0 Å². The number of carbonyl (C=O) groups is 2. The molecule has 1 amide bonds. The third kappa shape index (κ3) is 3.61. The predicted molar refractivity (Wildman–Crippen MR) is 48.7 cm³/mol. The van der Waals surface area contributed by atoms with Crippen molar-refractivity contribution in [3.8, 4) is 0 Å². The van der Waals surface area contributed by atoms with Crippen molar-refractivity contribution in [1.82, 2.24) is 15.3 Å². The topological polar surface area (TPSA) is 92.2 Å². The number of aromatic nitrogens is 2. The minimum absolute atomic E-state index is 0. The molecule has 14 heavy (non-hydrogen) atoms. The molecule has 0 atom stereocenters. The van der Waals surface area contributed by atoms with Crippen LogP contribution in [0, 0.1) is 0 Å². The number of carbonyl (C=O) groups excluding carboxylic acids is 1. The highest BCUT2D eigenvalue weighted by Gasteiger charge is 2.07. The van der Waals surface area contributed by atoms with Crippen molar-refractivity contribution in [2.24, 2.45) is 0 Å². The third-order valence-corrected chi connectivity index (χ3v) is 1.20. The van der Waals surface area contributed by atoms with E-state index in [0.29, 0.717) is 0 Å². The molecule has 1 heterocycles. The molecule has 6 nitrogen and oxygen atoms in total. The fourth-order valence-electron chi connectivity index (χ4n) is 0.663. The second-order valence-corrected chi connectivity index (χ2v) is 2.17. The number of hydrogen-bond acceptors (Lipinski definition) is 4. The summed E-state index contributed by atoms with van der Waals surface area (Å²) in [5.41, 5.74) is 0.101. The molecule has 0 aliphatic rings. The lowest BCUT2D eigenvalue weighted by atomic mass is 10.4. The molecule has 1 aromatic rings. The van der Waals surface area contributed by atoms with Crippen LogP contribution in [0.5, 0.6) is 0 Å². The van der Waals surface area contributed by atoms with Crippen molar-refractivity contribution in [3.63, 3.8) is 0 Å². The van der Waals surface area contributed by atoms with Crippen LogP contribution in [0.25, 0.3) is 0 Å². The van der Waals surface area contributed by atoms with Gasteiger partial charge in [0.2, 0.25) is 0 Å². The third-order valence-electron chi connectivity index (χ3n) is 1.20. The summed E-state index contributed by atoms with van der Waals surface area (Å²) in [7, 11) is 0. The molecular formula is C8H11N3O3. The molecule has 0 saturated heterocycles. The molecule has 0 fully saturated rings. The lowest BCUT2D eigenvalue weighted by Crippen LogP contribution is -2.29. The number of nitrogens with zero attached hydrogens (tertiary/aromatic N) is 2. The maximum atomic E-state index is 11.1. The van der Waals surface area contributed by atoms with E-state index in [1.165, 1.54) is 18.6 Å². The number of nitrogens with one attached hydrogen (secondary N) is 1. The van der Waals surface area contributed by atoms with Gasteiger partial charge in [0.15, 0.2) is 0 Å². The van der Waals surface area contributed by atoms with Crippen LogP contribution in [0.3, 0.4) is 0 Å². The van der Waals surface area contributed by atoms with Crippen molar-refractivity contribution < 1.29 is 14.7 Å². The Morgan fingerprint density at radius 2 is 2.14 bits per heavy atom. The van der Waals surface area contributed by atoms with E-state index in [1.807, 2.05) is 0 Å². The number of rotatable bonds is 3. The van der Waals surface area contributed by atoms with Crippen LogP contribution in [0.4, 0.5) is 0 Å². The Morgan fingerprint density at radius 3 is 2.64 bits per heavy atom. The average molecular weight is 197 g/mol. The van der Waals surface area contributed by atoms with Crippen LogP contribution in [0.15, 0.2) is 18.6 Å². The highest BCUT2D eigenvalue weighted by atomic mass is 16.4. The van der Waals surface area contributed by atoms with E-state index in [2.05, 4.69) is 15.3 Å². The van der Waals surface area contributed by atoms with Gasteiger partial charge in [0, 0.05) is 12.4 Å². The van der Waals surface area contributed by atoms with Gasteiger partial charge < -0.3 is 10.4 Å². The van der Waals surface area contributed by atoms with Gasteiger partial charge in [-0.05, 0) is 0 Å². The molecular weight excluding hydrogens is 186 g/mol. The first kappa shape index (κ1) is 12.0. The molecule has 0 spiro atoms. The molecule has 0 bridgehead atoms. The first-order valence-corrected chi connectivity index (χ1v) is 3.46. The summed E-state index contributed by atoms with van der Waals surface area (Å²) in [6, 6.07) is 0. The molecule has 1 rings (SSSR count). The van der Waals surface area contributed by atoms with Gasteiger partial charge in [-0.2, -0.15) is 0 Å². The monoisotopic (exact) mass is 197 g/mol. The molecule has 0 aliphatic carbocycles. The van der Waals surface area contributed by atoms with Crippen LogP contribution in [0.1, 0.15) is 17.9 Å². The summed E-state index contributed by atoms with van der Waals surface area (Å²) in [4.78, 5) is 28.5. The van der Waals surface area contributed by atoms with Crippen LogP contribution in [-0.4, -0.2) is 33.5 Å². The van der Waals surface area contributed by atoms with E-state index < -0.39 is 18.4 Å². The lowest BCUT2D eigenvalue weighted by Gasteiger charge is -1.99. The predicted octanol–water partition coefficient (Wildman–Crippen LogP) is -0.0729. The van der Waals surface area contributed by atoms with Crippen molar-refractivity contribution >= 4 is 11.9 Å². The van der Waals surface area contributed by atoms with Gasteiger partial charge in [0.05, 0.1) is 6.20 Å². The zero-order valence-corrected chi connectivity index (χ0v) is 6.60. The normalized spacial score (nSPS) is 8.57. The smallest absolute Gasteiger partial charge is 0.322 e. The fourth-order valence-corrected chi connectivity index (χ4v) is 0.663. The van der Waals surface area contributed by atoms with Gasteiger partial charge in [0.1, 0.15) is 12.2 Å². The Hall–Kier alpha value is -1.98. The molecule has 1 aromatic heterocycles. The van der Waals surface area contributed by atoms with Gasteiger partial charge in [-0.1, -0.05) is 7.43 Å². The van der Waals surface area contributed by atoms with Crippen LogP contribution < -0.4 is 5.32 Å². The van der Waals surface area contributed by atoms with E-state index in [-0.39, 0.29) is 13.1 Å². The number of amides is 1. The van der Waals surface area contributed by atoms with E-state index >= 15 is 0 Å². The minimum atomic E-state index is -1.10. The largest absolute Gasteiger partial charge is 0.480 e. The first-order chi connectivity index (χ1) is 6.20. The maximum Gasteiger partial charge on any atom is 0.322 e. The van der Waals surface area contributed by atoms with E-state index in [1.54, 1.807) is 0 Å². The SMILES string of the molecule is C.O=C(O)CNC(=O)c1cnccn1. The number of carboxylic acids is 1. The average Bonchev–Trinajstić information content (AvgIpc) is 2.15. The molecule has 0 saturated carbocycles. The summed E-state index contributed by atoms with van der Waals surface area (Å²) >= 11 is 0. The van der Waals surface area contributed by atoms with Gasteiger partial charge in [-0.15, -0.1) is 0 Å². The molecule has 0 aliphatic heterocycles. The molecule has 0 aromatic carbocycles. The second-order valence-electron chi connectivity index (χ2n) is 2.17. The lowest BCUT2D eigenvalue weighted by molar-refractivity contribution is -0.135. The highest BCUT2D eigenvalue weighted by Crippen LogP contribution is 1.88. The Kier molecular flexibility index (Phi) is 4.83. The molecule has 0 unspecified atom stereocenters. The van der Waals surface area contributed by atoms with Crippen molar-refractivity contribution in [2.75, 3.05) is 6.54 Å². The highest BCUT2D eigenvalue weighted by molar-refractivity contribution is 5.93. The summed E-state index contributed by atoms with van der Waals surface area (Å²) in [6.07, 6.45) is 4.04. The standard InChI is InChI=1S/C7H7N3O3.CH4/c11-6(12)4-10-7(13)5-3-8-1-2-9-5;/h1-3H,4H2,(H,10,13)(H,11,12);1H4. The number of hydrogen-bond donors (Lipinski definition) is 2. The van der Waals surface area contributed by atoms with Crippen molar-refractivity contribution in [2.45, 2.75) is 7.43 Å². The van der Waals surface area contributed by atoms with Gasteiger partial charge in [0.25, 0.3) is 5.91 Å². The second kappa shape index (κ2) is 5.63. The van der Waals surface area contributed by atoms with E-state index in [4.69, 9.17) is 5.11 Å². The quantitative estimate of drug-likeness (QED) is 0.707. The summed E-state index contributed by atoms with van der Waals surface area (Å²) in [6.45, 7) is -0.421. The van der Waals surface area contributed by atoms with Crippen LogP contribution in [-0.2, 0) is 4.79 Å². The van der Waals surface area contributed by atoms with Gasteiger partial charge in [-0.3, -0.25) is 14.6 Å². The maximum absolute atomic E-state index is 11.1. The number of carboxylic acid groups (broad SMARTS) is 1. The summed E-state index contributed by atoms with van der Waals surface area (Å²) < 4.78 is 0. The van der Waals surface area contributed by atoms with Crippen LogP contribution in [0.2, 0.25) is 0 Å². The molecule has 76 valence electrons. The van der Waals surface area contributed by atoms with Gasteiger partial charge >= 0.3 is 5.97 Å². The molecule has 2 N–H and O–H groups in total. The van der Waals surface area contributed by atoms with Crippen molar-refractivity contribution in [1.29, 1.82) is 0 Å². The molecule has 0 radical (unpaired) electrons. The fraction of sp³-hybridized carbons (Fsp3) is 0.250. The Balaban J connectivity index is 0.00000169.